The molecule has 0 saturated carbocycles. The van der Waals surface area contributed by atoms with Crippen LogP contribution in [0.3, 0.4) is 0 Å². The second kappa shape index (κ2) is 10.4. The van der Waals surface area contributed by atoms with Crippen molar-refractivity contribution in [3.05, 3.63) is 88.7 Å². The van der Waals surface area contributed by atoms with Crippen LogP contribution >= 0.6 is 11.6 Å². The normalized spacial score (nSPS) is 15.1. The lowest BCUT2D eigenvalue weighted by Crippen LogP contribution is -2.54. The van der Waals surface area contributed by atoms with Gasteiger partial charge in [0.05, 0.1) is 12.3 Å². The minimum Gasteiger partial charge on any atom is -0.494 e. The number of hydrogen-bond donors (Lipinski definition) is 1. The van der Waals surface area contributed by atoms with E-state index in [1.807, 2.05) is 54.1 Å². The van der Waals surface area contributed by atoms with Crippen molar-refractivity contribution in [3.63, 3.8) is 0 Å². The fraction of sp³-hybridized carbons (Fsp3) is 0.192. The van der Waals surface area contributed by atoms with Crippen LogP contribution in [0.5, 0.6) is 5.75 Å². The molecule has 34 heavy (non-hydrogen) atoms. The predicted octanol–water partition coefficient (Wildman–Crippen LogP) is 4.84. The molecule has 8 heteroatoms. The maximum atomic E-state index is 13.1. The van der Waals surface area contributed by atoms with Crippen molar-refractivity contribution >= 4 is 41.2 Å². The molecule has 4 rings (SSSR count). The maximum absolute atomic E-state index is 13.1. The molecule has 0 bridgehead atoms. The summed E-state index contributed by atoms with van der Waals surface area (Å²) in [5.74, 6) is -0.632. The van der Waals surface area contributed by atoms with Gasteiger partial charge in [0, 0.05) is 23.5 Å². The molecule has 174 valence electrons. The van der Waals surface area contributed by atoms with Crippen molar-refractivity contribution in [1.82, 2.24) is 9.88 Å². The zero-order valence-electron chi connectivity index (χ0n) is 18.7. The van der Waals surface area contributed by atoms with E-state index in [0.717, 1.165) is 22.6 Å². The molecule has 3 aromatic rings. The molecular formula is C26H24ClN3O4. The molecule has 4 amide bonds. The second-order valence-corrected chi connectivity index (χ2v) is 8.20. The second-order valence-electron chi connectivity index (χ2n) is 7.76. The van der Waals surface area contributed by atoms with Crippen LogP contribution in [0.1, 0.15) is 24.6 Å². The first-order valence-corrected chi connectivity index (χ1v) is 11.4. The summed E-state index contributed by atoms with van der Waals surface area (Å²) in [6.07, 6.45) is 4.93. The summed E-state index contributed by atoms with van der Waals surface area (Å²) in [6, 6.07) is 17.2. The van der Waals surface area contributed by atoms with Crippen LogP contribution in [0.4, 0.5) is 10.5 Å². The third kappa shape index (κ3) is 5.21. The lowest BCUT2D eigenvalue weighted by atomic mass is 10.1. The number of benzene rings is 2. The Morgan fingerprint density at radius 1 is 1.00 bits per heavy atom. The molecule has 1 aromatic heterocycles. The molecule has 0 atom stereocenters. The van der Waals surface area contributed by atoms with E-state index in [-0.39, 0.29) is 5.57 Å². The number of halogens is 1. The first kappa shape index (κ1) is 23.3. The predicted molar refractivity (Wildman–Crippen MR) is 131 cm³/mol. The van der Waals surface area contributed by atoms with Crippen molar-refractivity contribution in [2.24, 2.45) is 0 Å². The Labute approximate surface area is 202 Å². The number of amides is 4. The zero-order chi connectivity index (χ0) is 24.1. The smallest absolute Gasteiger partial charge is 0.335 e. The third-order valence-electron chi connectivity index (χ3n) is 5.49. The van der Waals surface area contributed by atoms with E-state index in [9.17, 15) is 14.4 Å². The van der Waals surface area contributed by atoms with Gasteiger partial charge in [-0.3, -0.25) is 14.9 Å². The van der Waals surface area contributed by atoms with Gasteiger partial charge in [0.1, 0.15) is 11.3 Å². The van der Waals surface area contributed by atoms with E-state index >= 15 is 0 Å². The third-order valence-corrected chi connectivity index (χ3v) is 5.74. The summed E-state index contributed by atoms with van der Waals surface area (Å²) in [7, 11) is 0. The van der Waals surface area contributed by atoms with Gasteiger partial charge in [-0.2, -0.15) is 0 Å². The average Bonchev–Trinajstić information content (AvgIpc) is 3.28. The van der Waals surface area contributed by atoms with E-state index in [0.29, 0.717) is 36.0 Å². The summed E-state index contributed by atoms with van der Waals surface area (Å²) in [4.78, 5) is 39.0. The number of carbonyl (C=O) groups is 3. The van der Waals surface area contributed by atoms with Crippen molar-refractivity contribution < 1.29 is 19.1 Å². The molecule has 1 N–H and O–H groups in total. The highest BCUT2D eigenvalue weighted by molar-refractivity contribution is 6.39. The van der Waals surface area contributed by atoms with Crippen molar-refractivity contribution in [3.8, 4) is 5.75 Å². The fourth-order valence-electron chi connectivity index (χ4n) is 3.64. The molecule has 1 aliphatic rings. The first-order valence-electron chi connectivity index (χ1n) is 11.0. The van der Waals surface area contributed by atoms with Crippen molar-refractivity contribution in [2.45, 2.75) is 26.3 Å². The number of nitrogens with zero attached hydrogens (tertiary/aromatic N) is 2. The van der Waals surface area contributed by atoms with Crippen LogP contribution in [0, 0.1) is 0 Å². The minimum atomic E-state index is -0.758. The van der Waals surface area contributed by atoms with E-state index in [1.165, 1.54) is 6.08 Å². The summed E-state index contributed by atoms with van der Waals surface area (Å²) >= 11 is 5.88. The molecule has 2 heterocycles. The van der Waals surface area contributed by atoms with Crippen LogP contribution in [-0.2, 0) is 22.6 Å². The van der Waals surface area contributed by atoms with Gasteiger partial charge in [-0.1, -0.05) is 30.7 Å². The number of carbonyl (C=O) groups excluding carboxylic acids is 3. The van der Waals surface area contributed by atoms with Crippen LogP contribution < -0.4 is 15.0 Å². The summed E-state index contributed by atoms with van der Waals surface area (Å²) in [5, 5.41) is 2.91. The van der Waals surface area contributed by atoms with E-state index in [2.05, 4.69) is 5.32 Å². The Hall–Kier alpha value is -3.84. The zero-order valence-corrected chi connectivity index (χ0v) is 19.4. The number of anilines is 1. The number of nitrogens with one attached hydrogen (secondary N) is 1. The van der Waals surface area contributed by atoms with Gasteiger partial charge in [0.2, 0.25) is 0 Å². The highest BCUT2D eigenvalue weighted by Crippen LogP contribution is 2.23. The van der Waals surface area contributed by atoms with Crippen LogP contribution in [0.25, 0.3) is 6.08 Å². The molecule has 0 aliphatic carbocycles. The molecule has 0 spiro atoms. The summed E-state index contributed by atoms with van der Waals surface area (Å²) in [6.45, 7) is 3.13. The Morgan fingerprint density at radius 2 is 1.74 bits per heavy atom. The van der Waals surface area contributed by atoms with Crippen molar-refractivity contribution in [1.29, 1.82) is 0 Å². The molecule has 2 aromatic carbocycles. The van der Waals surface area contributed by atoms with E-state index < -0.39 is 17.8 Å². The van der Waals surface area contributed by atoms with Gasteiger partial charge < -0.3 is 9.30 Å². The molecule has 1 saturated heterocycles. The molecule has 7 nitrogen and oxygen atoms in total. The number of hydrogen-bond acceptors (Lipinski definition) is 4. The summed E-state index contributed by atoms with van der Waals surface area (Å²) < 4.78 is 7.65. The number of rotatable bonds is 8. The minimum absolute atomic E-state index is 0.100. The Bertz CT molecular complexity index is 1230. The lowest BCUT2D eigenvalue weighted by Gasteiger charge is -2.26. The monoisotopic (exact) mass is 477 g/mol. The largest absolute Gasteiger partial charge is 0.494 e. The van der Waals surface area contributed by atoms with Gasteiger partial charge in [0.15, 0.2) is 0 Å². The number of imide groups is 2. The Balaban J connectivity index is 1.46. The standard InChI is InChI=1S/C26H24ClN3O4/c1-2-18-6-10-20(11-7-18)30-25(32)23(24(31)28-26(30)33)17-21-5-3-14-29(21)15-4-16-34-22-12-8-19(27)9-13-22/h3,5-14,17H,2,4,15-16H2,1H3,(H,28,31,33)/b23-17+. The number of aryl methyl sites for hydroxylation is 2. The number of aromatic nitrogens is 1. The van der Waals surface area contributed by atoms with E-state index in [4.69, 9.17) is 16.3 Å². The van der Waals surface area contributed by atoms with Crippen LogP contribution in [0.15, 0.2) is 72.4 Å². The van der Waals surface area contributed by atoms with Crippen LogP contribution in [0.2, 0.25) is 5.02 Å². The Kier molecular flexibility index (Phi) is 7.13. The summed E-state index contributed by atoms with van der Waals surface area (Å²) in [5.41, 5.74) is 2.07. The van der Waals surface area contributed by atoms with Gasteiger partial charge in [-0.15, -0.1) is 0 Å². The quantitative estimate of drug-likeness (QED) is 0.286. The van der Waals surface area contributed by atoms with Gasteiger partial charge in [-0.25, -0.2) is 9.69 Å². The topological polar surface area (TPSA) is 80.6 Å². The first-order chi connectivity index (χ1) is 16.5. The van der Waals surface area contributed by atoms with E-state index in [1.54, 1.807) is 24.3 Å². The number of urea groups is 1. The molecular weight excluding hydrogens is 454 g/mol. The lowest BCUT2D eigenvalue weighted by molar-refractivity contribution is -0.122. The molecule has 0 unspecified atom stereocenters. The highest BCUT2D eigenvalue weighted by atomic mass is 35.5. The molecule has 1 aliphatic heterocycles. The van der Waals surface area contributed by atoms with Gasteiger partial charge in [0.25, 0.3) is 11.8 Å². The Morgan fingerprint density at radius 3 is 2.44 bits per heavy atom. The van der Waals surface area contributed by atoms with Gasteiger partial charge >= 0.3 is 6.03 Å². The van der Waals surface area contributed by atoms with Crippen LogP contribution in [-0.4, -0.2) is 29.0 Å². The van der Waals surface area contributed by atoms with Crippen molar-refractivity contribution in [2.75, 3.05) is 11.5 Å². The SMILES string of the molecule is CCc1ccc(N2C(=O)NC(=O)/C(=C\c3cccn3CCCOc3ccc(Cl)cc3)C2=O)cc1. The molecule has 1 fully saturated rings. The molecule has 0 radical (unpaired) electrons. The van der Waals surface area contributed by atoms with Gasteiger partial charge in [-0.05, 0) is 73.0 Å². The average molecular weight is 478 g/mol. The fourth-order valence-corrected chi connectivity index (χ4v) is 3.76. The maximum Gasteiger partial charge on any atom is 0.335 e. The highest BCUT2D eigenvalue weighted by Gasteiger charge is 2.36. The number of ether oxygens (including phenoxy) is 1. The number of barbiturate groups is 1.